The molecule has 0 bridgehead atoms. The van der Waals surface area contributed by atoms with Crippen LogP contribution in [0.15, 0.2) is 42.5 Å². The highest BCUT2D eigenvalue weighted by atomic mass is 19.1. The first-order valence-corrected chi connectivity index (χ1v) is 8.37. The van der Waals surface area contributed by atoms with E-state index in [0.717, 1.165) is 5.52 Å². The van der Waals surface area contributed by atoms with E-state index in [1.54, 1.807) is 22.9 Å². The van der Waals surface area contributed by atoms with E-state index in [9.17, 15) is 14.0 Å². The molecule has 2 aromatic carbocycles. The van der Waals surface area contributed by atoms with Crippen LogP contribution in [0.4, 0.5) is 4.39 Å². The normalized spacial score (nSPS) is 10.8. The maximum atomic E-state index is 12.8. The second-order valence-corrected chi connectivity index (χ2v) is 5.78. The SMILES string of the molecule is CCn1nnc2cc(C(=O)OCCCC(=O)c3ccc(F)cc3)ccc21. The lowest BCUT2D eigenvalue weighted by Crippen LogP contribution is -2.08. The molecule has 0 aliphatic heterocycles. The van der Waals surface area contributed by atoms with Gasteiger partial charge in [-0.3, -0.25) is 4.79 Å². The fourth-order valence-electron chi connectivity index (χ4n) is 2.59. The van der Waals surface area contributed by atoms with Crippen LogP contribution in [0.25, 0.3) is 11.0 Å². The van der Waals surface area contributed by atoms with Gasteiger partial charge in [0.2, 0.25) is 0 Å². The number of rotatable bonds is 7. The zero-order chi connectivity index (χ0) is 18.5. The summed E-state index contributed by atoms with van der Waals surface area (Å²) in [6.45, 7) is 2.79. The summed E-state index contributed by atoms with van der Waals surface area (Å²) in [7, 11) is 0. The standard InChI is InChI=1S/C19H18FN3O3/c1-2-23-17-10-7-14(12-16(17)21-22-23)19(25)26-11-3-4-18(24)13-5-8-15(20)9-6-13/h5-10,12H,2-4,11H2,1H3. The minimum absolute atomic E-state index is 0.112. The Labute approximate surface area is 149 Å². The highest BCUT2D eigenvalue weighted by Gasteiger charge is 2.12. The molecule has 0 saturated heterocycles. The van der Waals surface area contributed by atoms with E-state index in [2.05, 4.69) is 10.3 Å². The number of ketones is 1. The molecule has 26 heavy (non-hydrogen) atoms. The third-order valence-electron chi connectivity index (χ3n) is 4.00. The topological polar surface area (TPSA) is 74.1 Å². The number of aryl methyl sites for hydroxylation is 1. The Balaban J connectivity index is 1.51. The number of ether oxygens (including phenoxy) is 1. The number of aromatic nitrogens is 3. The van der Waals surface area contributed by atoms with Crippen LogP contribution in [0.2, 0.25) is 0 Å². The van der Waals surface area contributed by atoms with E-state index in [0.29, 0.717) is 29.6 Å². The van der Waals surface area contributed by atoms with Gasteiger partial charge in [0.15, 0.2) is 5.78 Å². The third-order valence-corrected chi connectivity index (χ3v) is 4.00. The summed E-state index contributed by atoms with van der Waals surface area (Å²) in [4.78, 5) is 24.1. The summed E-state index contributed by atoms with van der Waals surface area (Å²) >= 11 is 0. The molecule has 0 atom stereocenters. The number of nitrogens with zero attached hydrogens (tertiary/aromatic N) is 3. The van der Waals surface area contributed by atoms with Gasteiger partial charge >= 0.3 is 5.97 Å². The van der Waals surface area contributed by atoms with Crippen molar-refractivity contribution < 1.29 is 18.7 Å². The van der Waals surface area contributed by atoms with Crippen LogP contribution in [-0.4, -0.2) is 33.4 Å². The van der Waals surface area contributed by atoms with E-state index < -0.39 is 5.97 Å². The van der Waals surface area contributed by atoms with Crippen molar-refractivity contribution in [2.45, 2.75) is 26.3 Å². The van der Waals surface area contributed by atoms with Gasteiger partial charge in [-0.1, -0.05) is 5.21 Å². The van der Waals surface area contributed by atoms with Crippen molar-refractivity contribution in [1.29, 1.82) is 0 Å². The number of fused-ring (bicyclic) bond motifs is 1. The van der Waals surface area contributed by atoms with Gasteiger partial charge in [0.05, 0.1) is 17.7 Å². The molecule has 0 spiro atoms. The Morgan fingerprint density at radius 3 is 2.58 bits per heavy atom. The molecule has 134 valence electrons. The molecule has 0 aliphatic rings. The fourth-order valence-corrected chi connectivity index (χ4v) is 2.59. The second kappa shape index (κ2) is 7.86. The van der Waals surface area contributed by atoms with Crippen LogP contribution in [-0.2, 0) is 11.3 Å². The van der Waals surface area contributed by atoms with Crippen molar-refractivity contribution in [2.24, 2.45) is 0 Å². The number of hydrogen-bond acceptors (Lipinski definition) is 5. The average Bonchev–Trinajstić information content (AvgIpc) is 3.07. The monoisotopic (exact) mass is 355 g/mol. The van der Waals surface area contributed by atoms with Gasteiger partial charge in [-0.25, -0.2) is 13.9 Å². The highest BCUT2D eigenvalue weighted by Crippen LogP contribution is 2.14. The molecule has 7 heteroatoms. The zero-order valence-corrected chi connectivity index (χ0v) is 14.3. The van der Waals surface area contributed by atoms with Crippen molar-refractivity contribution in [2.75, 3.05) is 6.61 Å². The number of benzene rings is 2. The fraction of sp³-hybridized carbons (Fsp3) is 0.263. The van der Waals surface area contributed by atoms with E-state index >= 15 is 0 Å². The Morgan fingerprint density at radius 2 is 1.85 bits per heavy atom. The Kier molecular flexibility index (Phi) is 5.36. The molecule has 0 N–H and O–H groups in total. The predicted octanol–water partition coefficient (Wildman–Crippen LogP) is 3.41. The first-order valence-electron chi connectivity index (χ1n) is 8.37. The zero-order valence-electron chi connectivity index (χ0n) is 14.3. The van der Waals surface area contributed by atoms with E-state index in [1.165, 1.54) is 24.3 Å². The summed E-state index contributed by atoms with van der Waals surface area (Å²) in [5.41, 5.74) is 2.33. The summed E-state index contributed by atoms with van der Waals surface area (Å²) in [5.74, 6) is -0.961. The molecule has 3 aromatic rings. The molecule has 6 nitrogen and oxygen atoms in total. The lowest BCUT2D eigenvalue weighted by Gasteiger charge is -2.05. The van der Waals surface area contributed by atoms with Crippen molar-refractivity contribution in [1.82, 2.24) is 15.0 Å². The molecular formula is C19H18FN3O3. The van der Waals surface area contributed by atoms with E-state index in [4.69, 9.17) is 4.74 Å². The molecule has 1 heterocycles. The number of Topliss-reactive ketones (excluding diaryl/α,β-unsaturated/α-hetero) is 1. The van der Waals surface area contributed by atoms with Gasteiger partial charge in [0, 0.05) is 18.5 Å². The number of carbonyl (C=O) groups excluding carboxylic acids is 2. The van der Waals surface area contributed by atoms with Crippen molar-refractivity contribution in [3.8, 4) is 0 Å². The maximum Gasteiger partial charge on any atom is 0.338 e. The van der Waals surface area contributed by atoms with Gasteiger partial charge in [0.25, 0.3) is 0 Å². The van der Waals surface area contributed by atoms with Gasteiger partial charge in [-0.2, -0.15) is 0 Å². The Morgan fingerprint density at radius 1 is 1.12 bits per heavy atom. The Hall–Kier alpha value is -3.09. The van der Waals surface area contributed by atoms with Crippen LogP contribution in [0, 0.1) is 5.82 Å². The number of halogens is 1. The number of hydrogen-bond donors (Lipinski definition) is 0. The molecule has 0 saturated carbocycles. The van der Waals surface area contributed by atoms with Crippen LogP contribution in [0.3, 0.4) is 0 Å². The second-order valence-electron chi connectivity index (χ2n) is 5.78. The van der Waals surface area contributed by atoms with Gasteiger partial charge in [-0.05, 0) is 55.8 Å². The molecule has 1 aromatic heterocycles. The summed E-state index contributed by atoms with van der Waals surface area (Å²) in [5, 5.41) is 8.02. The Bertz CT molecular complexity index is 935. The smallest absolute Gasteiger partial charge is 0.338 e. The maximum absolute atomic E-state index is 12.8. The lowest BCUT2D eigenvalue weighted by atomic mass is 10.1. The lowest BCUT2D eigenvalue weighted by molar-refractivity contribution is 0.0494. The van der Waals surface area contributed by atoms with Crippen molar-refractivity contribution in [3.05, 3.63) is 59.4 Å². The minimum atomic E-state index is -0.466. The van der Waals surface area contributed by atoms with Gasteiger partial charge in [-0.15, -0.1) is 5.10 Å². The van der Waals surface area contributed by atoms with Crippen LogP contribution < -0.4 is 0 Å². The molecular weight excluding hydrogens is 337 g/mol. The van der Waals surface area contributed by atoms with Crippen LogP contribution in [0.1, 0.15) is 40.5 Å². The largest absolute Gasteiger partial charge is 0.462 e. The van der Waals surface area contributed by atoms with Crippen molar-refractivity contribution in [3.63, 3.8) is 0 Å². The van der Waals surface area contributed by atoms with Crippen LogP contribution in [0.5, 0.6) is 0 Å². The molecule has 0 fully saturated rings. The molecule has 0 unspecified atom stereocenters. The first kappa shape index (κ1) is 17.7. The molecule has 0 aliphatic carbocycles. The van der Waals surface area contributed by atoms with E-state index in [1.807, 2.05) is 6.92 Å². The van der Waals surface area contributed by atoms with E-state index in [-0.39, 0.29) is 24.6 Å². The van der Waals surface area contributed by atoms with Gasteiger partial charge < -0.3 is 4.74 Å². The first-order chi connectivity index (χ1) is 12.6. The number of carbonyl (C=O) groups is 2. The predicted molar refractivity (Wildman–Crippen MR) is 93.4 cm³/mol. The quantitative estimate of drug-likeness (QED) is 0.369. The minimum Gasteiger partial charge on any atom is -0.462 e. The number of esters is 1. The van der Waals surface area contributed by atoms with Crippen molar-refractivity contribution >= 4 is 22.8 Å². The molecule has 0 amide bonds. The summed E-state index contributed by atoms with van der Waals surface area (Å²) in [6.07, 6.45) is 0.624. The van der Waals surface area contributed by atoms with Gasteiger partial charge in [0.1, 0.15) is 11.3 Å². The average molecular weight is 355 g/mol. The van der Waals surface area contributed by atoms with Crippen LogP contribution >= 0.6 is 0 Å². The molecule has 3 rings (SSSR count). The molecule has 0 radical (unpaired) electrons. The summed E-state index contributed by atoms with van der Waals surface area (Å²) in [6, 6.07) is 10.5. The summed E-state index contributed by atoms with van der Waals surface area (Å²) < 4.78 is 19.8. The third kappa shape index (κ3) is 3.93. The highest BCUT2D eigenvalue weighted by molar-refractivity contribution is 5.96.